The fourth-order valence-electron chi connectivity index (χ4n) is 2.33. The molecule has 1 N–H and O–H groups in total. The number of ether oxygens (including phenoxy) is 3. The van der Waals surface area contributed by atoms with Gasteiger partial charge in [0.15, 0.2) is 18.1 Å². The Hall–Kier alpha value is -2.91. The molecule has 0 spiro atoms. The summed E-state index contributed by atoms with van der Waals surface area (Å²) >= 11 is 5.97. The van der Waals surface area contributed by atoms with Gasteiger partial charge in [-0.3, -0.25) is 4.79 Å². The molecule has 0 atom stereocenters. The average Bonchev–Trinajstić information content (AvgIpc) is 2.65. The first kappa shape index (κ1) is 20.4. The molecule has 2 aromatic carbocycles. The first-order valence-corrected chi connectivity index (χ1v) is 8.88. The number of carbonyl (C=O) groups excluding carboxylic acids is 1. The van der Waals surface area contributed by atoms with E-state index in [1.165, 1.54) is 0 Å². The second-order valence-corrected chi connectivity index (χ2v) is 5.98. The number of hydrogen-bond acceptors (Lipinski definition) is 5. The highest BCUT2D eigenvalue weighted by molar-refractivity contribution is 6.31. The highest BCUT2D eigenvalue weighted by Crippen LogP contribution is 2.33. The van der Waals surface area contributed by atoms with Crippen LogP contribution in [0.15, 0.2) is 30.3 Å². The van der Waals surface area contributed by atoms with Gasteiger partial charge in [-0.2, -0.15) is 5.26 Å². The van der Waals surface area contributed by atoms with E-state index >= 15 is 0 Å². The summed E-state index contributed by atoms with van der Waals surface area (Å²) < 4.78 is 16.5. The van der Waals surface area contributed by atoms with Gasteiger partial charge >= 0.3 is 0 Å². The molecule has 142 valence electrons. The van der Waals surface area contributed by atoms with Gasteiger partial charge in [0.1, 0.15) is 11.8 Å². The van der Waals surface area contributed by atoms with Crippen LogP contribution in [0.1, 0.15) is 25.0 Å². The molecule has 27 heavy (non-hydrogen) atoms. The average molecular weight is 389 g/mol. The van der Waals surface area contributed by atoms with Gasteiger partial charge < -0.3 is 19.5 Å². The highest BCUT2D eigenvalue weighted by Gasteiger charge is 2.14. The number of aryl methyl sites for hydroxylation is 1. The number of halogens is 1. The van der Waals surface area contributed by atoms with E-state index in [0.29, 0.717) is 41.2 Å². The molecule has 0 saturated heterocycles. The minimum Gasteiger partial charge on any atom is -0.490 e. The molecule has 0 aliphatic heterocycles. The predicted octanol–water partition coefficient (Wildman–Crippen LogP) is 4.34. The third-order valence-corrected chi connectivity index (χ3v) is 4.00. The number of benzene rings is 2. The number of nitrogens with zero attached hydrogens (tertiary/aromatic N) is 1. The van der Waals surface area contributed by atoms with E-state index in [1.54, 1.807) is 30.3 Å². The summed E-state index contributed by atoms with van der Waals surface area (Å²) in [7, 11) is 0. The minimum absolute atomic E-state index is 0.205. The number of rotatable bonds is 8. The van der Waals surface area contributed by atoms with Gasteiger partial charge in [0.2, 0.25) is 0 Å². The predicted molar refractivity (Wildman–Crippen MR) is 104 cm³/mol. The molecule has 1 amide bonds. The van der Waals surface area contributed by atoms with Crippen LogP contribution in [0.5, 0.6) is 17.2 Å². The van der Waals surface area contributed by atoms with Crippen molar-refractivity contribution in [3.63, 3.8) is 0 Å². The molecule has 6 nitrogen and oxygen atoms in total. The zero-order chi connectivity index (χ0) is 19.8. The standard InChI is InChI=1S/C20H21ClN2O4/c1-4-25-18-9-14(11-22)17(10-19(18)26-5-2)23-20(24)12-27-15-6-7-16(21)13(3)8-15/h6-10H,4-5,12H2,1-3H3,(H,23,24). The zero-order valence-corrected chi connectivity index (χ0v) is 16.2. The summed E-state index contributed by atoms with van der Waals surface area (Å²) in [6, 6.07) is 10.3. The Morgan fingerprint density at radius 2 is 1.78 bits per heavy atom. The van der Waals surface area contributed by atoms with Crippen LogP contribution in [0, 0.1) is 18.3 Å². The van der Waals surface area contributed by atoms with Gasteiger partial charge in [-0.1, -0.05) is 11.6 Å². The Morgan fingerprint density at radius 3 is 2.37 bits per heavy atom. The number of amides is 1. The molecule has 0 fully saturated rings. The van der Waals surface area contributed by atoms with Crippen LogP contribution in [0.2, 0.25) is 5.02 Å². The van der Waals surface area contributed by atoms with Crippen molar-refractivity contribution < 1.29 is 19.0 Å². The molecule has 2 rings (SSSR count). The van der Waals surface area contributed by atoms with Crippen LogP contribution in [0.25, 0.3) is 0 Å². The van der Waals surface area contributed by atoms with Crippen LogP contribution < -0.4 is 19.5 Å². The second kappa shape index (κ2) is 9.70. The fraction of sp³-hybridized carbons (Fsp3) is 0.300. The van der Waals surface area contributed by atoms with E-state index in [9.17, 15) is 10.1 Å². The van der Waals surface area contributed by atoms with E-state index in [4.69, 9.17) is 25.8 Å². The quantitative estimate of drug-likeness (QED) is 0.727. The van der Waals surface area contributed by atoms with Gasteiger partial charge in [0.05, 0.1) is 24.5 Å². The molecule has 0 radical (unpaired) electrons. The SMILES string of the molecule is CCOc1cc(C#N)c(NC(=O)COc2ccc(Cl)c(C)c2)cc1OCC. The summed E-state index contributed by atoms with van der Waals surface area (Å²) in [6.07, 6.45) is 0. The summed E-state index contributed by atoms with van der Waals surface area (Å²) in [6.45, 7) is 6.19. The van der Waals surface area contributed by atoms with Crippen molar-refractivity contribution in [3.8, 4) is 23.3 Å². The van der Waals surface area contributed by atoms with Crippen molar-refractivity contribution in [1.29, 1.82) is 5.26 Å². The summed E-state index contributed by atoms with van der Waals surface area (Å²) in [5.41, 5.74) is 1.47. The lowest BCUT2D eigenvalue weighted by Gasteiger charge is -2.15. The second-order valence-electron chi connectivity index (χ2n) is 5.57. The normalized spacial score (nSPS) is 10.0. The van der Waals surface area contributed by atoms with Crippen LogP contribution in [-0.2, 0) is 4.79 Å². The van der Waals surface area contributed by atoms with E-state index < -0.39 is 5.91 Å². The topological polar surface area (TPSA) is 80.6 Å². The zero-order valence-electron chi connectivity index (χ0n) is 15.5. The highest BCUT2D eigenvalue weighted by atomic mass is 35.5. The van der Waals surface area contributed by atoms with E-state index in [1.807, 2.05) is 20.8 Å². The Balaban J connectivity index is 2.12. The minimum atomic E-state index is -0.397. The summed E-state index contributed by atoms with van der Waals surface area (Å²) in [4.78, 5) is 12.2. The Labute approximate surface area is 163 Å². The van der Waals surface area contributed by atoms with Gasteiger partial charge in [-0.15, -0.1) is 0 Å². The molecule has 0 unspecified atom stereocenters. The van der Waals surface area contributed by atoms with Crippen molar-refractivity contribution in [2.45, 2.75) is 20.8 Å². The third-order valence-electron chi connectivity index (χ3n) is 3.58. The Bertz CT molecular complexity index is 862. The molecule has 0 aliphatic carbocycles. The van der Waals surface area contributed by atoms with Crippen molar-refractivity contribution in [1.82, 2.24) is 0 Å². The molecule has 7 heteroatoms. The van der Waals surface area contributed by atoms with Crippen molar-refractivity contribution >= 4 is 23.2 Å². The Kier molecular flexibility index (Phi) is 7.33. The van der Waals surface area contributed by atoms with Crippen molar-refractivity contribution in [2.75, 3.05) is 25.1 Å². The van der Waals surface area contributed by atoms with Gasteiger partial charge in [0, 0.05) is 17.2 Å². The first-order chi connectivity index (χ1) is 13.0. The van der Waals surface area contributed by atoms with Gasteiger partial charge in [0.25, 0.3) is 5.91 Å². The number of anilines is 1. The maximum absolute atomic E-state index is 12.2. The molecule has 0 saturated carbocycles. The summed E-state index contributed by atoms with van der Waals surface area (Å²) in [5.74, 6) is 1.06. The largest absolute Gasteiger partial charge is 0.490 e. The van der Waals surface area contributed by atoms with Crippen LogP contribution in [-0.4, -0.2) is 25.7 Å². The van der Waals surface area contributed by atoms with Gasteiger partial charge in [-0.25, -0.2) is 0 Å². The molecule has 0 bridgehead atoms. The molecular formula is C20H21ClN2O4. The van der Waals surface area contributed by atoms with Crippen LogP contribution >= 0.6 is 11.6 Å². The van der Waals surface area contributed by atoms with Gasteiger partial charge in [-0.05, 0) is 44.5 Å². The number of carbonyl (C=O) groups is 1. The first-order valence-electron chi connectivity index (χ1n) is 8.51. The lowest BCUT2D eigenvalue weighted by molar-refractivity contribution is -0.118. The van der Waals surface area contributed by atoms with E-state index in [0.717, 1.165) is 5.56 Å². The molecule has 0 heterocycles. The maximum atomic E-state index is 12.2. The smallest absolute Gasteiger partial charge is 0.262 e. The van der Waals surface area contributed by atoms with Crippen LogP contribution in [0.4, 0.5) is 5.69 Å². The lowest BCUT2D eigenvalue weighted by Crippen LogP contribution is -2.21. The molecule has 2 aromatic rings. The van der Waals surface area contributed by atoms with Crippen molar-refractivity contribution in [3.05, 3.63) is 46.5 Å². The monoisotopic (exact) mass is 388 g/mol. The molecular weight excluding hydrogens is 368 g/mol. The Morgan fingerprint density at radius 1 is 1.11 bits per heavy atom. The van der Waals surface area contributed by atoms with E-state index in [2.05, 4.69) is 11.4 Å². The van der Waals surface area contributed by atoms with Crippen molar-refractivity contribution in [2.24, 2.45) is 0 Å². The molecule has 0 aliphatic rings. The van der Waals surface area contributed by atoms with Crippen LogP contribution in [0.3, 0.4) is 0 Å². The lowest BCUT2D eigenvalue weighted by atomic mass is 10.1. The molecule has 0 aromatic heterocycles. The number of nitriles is 1. The maximum Gasteiger partial charge on any atom is 0.262 e. The van der Waals surface area contributed by atoms with E-state index in [-0.39, 0.29) is 12.2 Å². The third kappa shape index (κ3) is 5.53. The summed E-state index contributed by atoms with van der Waals surface area (Å²) in [5, 5.41) is 12.7. The fourth-order valence-corrected chi connectivity index (χ4v) is 2.45. The number of nitrogens with one attached hydrogen (secondary N) is 1. The number of hydrogen-bond donors (Lipinski definition) is 1.